The summed E-state index contributed by atoms with van der Waals surface area (Å²) in [5.41, 5.74) is 1.28. The monoisotopic (exact) mass is 267 g/mol. The fourth-order valence-electron chi connectivity index (χ4n) is 1.69. The highest BCUT2D eigenvalue weighted by Gasteiger charge is 2.07. The molecule has 0 saturated carbocycles. The molecule has 0 bridgehead atoms. The predicted octanol–water partition coefficient (Wildman–Crippen LogP) is 2.79. The number of rotatable bonds is 7. The van der Waals surface area contributed by atoms with Gasteiger partial charge in [-0.15, -0.1) is 11.8 Å². The Morgan fingerprint density at radius 2 is 2.00 bits per heavy atom. The lowest BCUT2D eigenvalue weighted by Gasteiger charge is -2.19. The lowest BCUT2D eigenvalue weighted by atomic mass is 10.2. The molecule has 0 aliphatic carbocycles. The van der Waals surface area contributed by atoms with Crippen LogP contribution >= 0.6 is 11.8 Å². The zero-order valence-electron chi connectivity index (χ0n) is 11.3. The zero-order valence-corrected chi connectivity index (χ0v) is 12.1. The largest absolute Gasteiger partial charge is 0.469 e. The van der Waals surface area contributed by atoms with E-state index in [-0.39, 0.29) is 5.97 Å². The second kappa shape index (κ2) is 8.16. The number of hydrogen-bond donors (Lipinski definition) is 0. The summed E-state index contributed by atoms with van der Waals surface area (Å²) in [5, 5.41) is 0. The molecule has 0 N–H and O–H groups in total. The second-order valence-electron chi connectivity index (χ2n) is 4.04. The number of nitrogens with zero attached hydrogens (tertiary/aromatic N) is 1. The minimum absolute atomic E-state index is 0.147. The van der Waals surface area contributed by atoms with Crippen LogP contribution in [0.5, 0.6) is 0 Å². The lowest BCUT2D eigenvalue weighted by molar-refractivity contribution is -0.141. The van der Waals surface area contributed by atoms with Crippen molar-refractivity contribution < 1.29 is 9.53 Å². The molecule has 0 unspecified atom stereocenters. The molecule has 0 amide bonds. The summed E-state index contributed by atoms with van der Waals surface area (Å²) in [4.78, 5) is 14.6. The molecule has 0 aliphatic heterocycles. The second-order valence-corrected chi connectivity index (χ2v) is 4.92. The molecule has 1 rings (SSSR count). The number of methoxy groups -OCH3 is 1. The van der Waals surface area contributed by atoms with Gasteiger partial charge in [-0.25, -0.2) is 0 Å². The van der Waals surface area contributed by atoms with Crippen molar-refractivity contribution in [3.05, 3.63) is 29.8 Å². The smallest absolute Gasteiger partial charge is 0.306 e. The molecule has 1 aromatic carbocycles. The molecule has 18 heavy (non-hydrogen) atoms. The third-order valence-corrected chi connectivity index (χ3v) is 3.62. The molecule has 0 atom stereocenters. The first-order chi connectivity index (χ1) is 8.69. The van der Waals surface area contributed by atoms with E-state index in [1.807, 2.05) is 0 Å². The summed E-state index contributed by atoms with van der Waals surface area (Å²) in [6, 6.07) is 8.56. The van der Waals surface area contributed by atoms with Gasteiger partial charge in [-0.1, -0.05) is 19.1 Å². The highest BCUT2D eigenvalue weighted by molar-refractivity contribution is 7.98. The van der Waals surface area contributed by atoms with Crippen LogP contribution in [-0.4, -0.2) is 37.3 Å². The van der Waals surface area contributed by atoms with Crippen LogP contribution in [-0.2, 0) is 16.1 Å². The van der Waals surface area contributed by atoms with Crippen molar-refractivity contribution >= 4 is 17.7 Å². The highest BCUT2D eigenvalue weighted by atomic mass is 32.2. The number of carbonyl (C=O) groups is 1. The molecular weight excluding hydrogens is 246 g/mol. The van der Waals surface area contributed by atoms with Crippen LogP contribution in [0.2, 0.25) is 0 Å². The summed E-state index contributed by atoms with van der Waals surface area (Å²) >= 11 is 1.74. The molecule has 100 valence electrons. The molecule has 4 heteroatoms. The van der Waals surface area contributed by atoms with E-state index in [2.05, 4.69) is 47.1 Å². The first-order valence-corrected chi connectivity index (χ1v) is 7.34. The maximum atomic E-state index is 11.1. The van der Waals surface area contributed by atoms with Gasteiger partial charge < -0.3 is 4.74 Å². The van der Waals surface area contributed by atoms with E-state index in [1.165, 1.54) is 17.6 Å². The maximum absolute atomic E-state index is 11.1. The Bertz CT molecular complexity index is 365. The quantitative estimate of drug-likeness (QED) is 0.561. The molecule has 0 aliphatic rings. The van der Waals surface area contributed by atoms with Crippen LogP contribution in [0.25, 0.3) is 0 Å². The van der Waals surface area contributed by atoms with E-state index < -0.39 is 0 Å². The Kier molecular flexibility index (Phi) is 6.83. The van der Waals surface area contributed by atoms with Crippen LogP contribution in [0.3, 0.4) is 0 Å². The first kappa shape index (κ1) is 15.1. The first-order valence-electron chi connectivity index (χ1n) is 6.11. The van der Waals surface area contributed by atoms with Crippen LogP contribution in [0.1, 0.15) is 18.9 Å². The van der Waals surface area contributed by atoms with Crippen molar-refractivity contribution in [2.45, 2.75) is 24.8 Å². The van der Waals surface area contributed by atoms with Gasteiger partial charge in [-0.3, -0.25) is 9.69 Å². The van der Waals surface area contributed by atoms with Crippen molar-refractivity contribution in [3.8, 4) is 0 Å². The summed E-state index contributed by atoms with van der Waals surface area (Å²) in [6.45, 7) is 4.66. The van der Waals surface area contributed by atoms with Crippen LogP contribution in [0.4, 0.5) is 0 Å². The van der Waals surface area contributed by atoms with Gasteiger partial charge in [0.1, 0.15) is 0 Å². The number of ether oxygens (including phenoxy) is 1. The Hall–Kier alpha value is -1.00. The Morgan fingerprint density at radius 1 is 1.33 bits per heavy atom. The fraction of sp³-hybridized carbons (Fsp3) is 0.500. The number of esters is 1. The Balaban J connectivity index is 2.48. The highest BCUT2D eigenvalue weighted by Crippen LogP contribution is 2.15. The third kappa shape index (κ3) is 5.10. The van der Waals surface area contributed by atoms with Crippen molar-refractivity contribution in [2.75, 3.05) is 26.5 Å². The minimum Gasteiger partial charge on any atom is -0.469 e. The lowest BCUT2D eigenvalue weighted by Crippen LogP contribution is -2.26. The molecule has 0 saturated heterocycles. The van der Waals surface area contributed by atoms with Crippen molar-refractivity contribution in [2.24, 2.45) is 0 Å². The summed E-state index contributed by atoms with van der Waals surface area (Å²) in [5.74, 6) is -0.147. The van der Waals surface area contributed by atoms with Gasteiger partial charge in [0.15, 0.2) is 0 Å². The fourth-order valence-corrected chi connectivity index (χ4v) is 2.10. The Labute approximate surface area is 114 Å². The van der Waals surface area contributed by atoms with Crippen LogP contribution in [0, 0.1) is 0 Å². The molecule has 3 nitrogen and oxygen atoms in total. The van der Waals surface area contributed by atoms with Gasteiger partial charge in [0.05, 0.1) is 13.5 Å². The van der Waals surface area contributed by atoms with Gasteiger partial charge >= 0.3 is 5.97 Å². The topological polar surface area (TPSA) is 29.5 Å². The molecule has 0 heterocycles. The summed E-state index contributed by atoms with van der Waals surface area (Å²) < 4.78 is 4.66. The molecule has 0 spiro atoms. The van der Waals surface area contributed by atoms with Crippen molar-refractivity contribution in [1.82, 2.24) is 4.90 Å². The van der Waals surface area contributed by atoms with E-state index in [9.17, 15) is 4.79 Å². The molecule has 1 aromatic rings. The minimum atomic E-state index is -0.147. The molecule has 0 aromatic heterocycles. The van der Waals surface area contributed by atoms with Crippen molar-refractivity contribution in [3.63, 3.8) is 0 Å². The average molecular weight is 267 g/mol. The standard InChI is InChI=1S/C14H21NO2S/c1-4-15(10-9-14(16)17-2)11-12-5-7-13(18-3)8-6-12/h5-8H,4,9-11H2,1-3H3. The van der Waals surface area contributed by atoms with E-state index in [0.717, 1.165) is 19.6 Å². The molecule has 0 radical (unpaired) electrons. The summed E-state index contributed by atoms with van der Waals surface area (Å²) in [7, 11) is 1.43. The molecule has 0 fully saturated rings. The molecular formula is C14H21NO2S. The normalized spacial score (nSPS) is 10.7. The number of hydrogen-bond acceptors (Lipinski definition) is 4. The zero-order chi connectivity index (χ0) is 13.4. The van der Waals surface area contributed by atoms with E-state index >= 15 is 0 Å². The predicted molar refractivity (Wildman–Crippen MR) is 75.8 cm³/mol. The number of carbonyl (C=O) groups excluding carboxylic acids is 1. The van der Waals surface area contributed by atoms with Crippen LogP contribution in [0.15, 0.2) is 29.2 Å². The van der Waals surface area contributed by atoms with Gasteiger partial charge in [-0.05, 0) is 30.5 Å². The number of thioether (sulfide) groups is 1. The van der Waals surface area contributed by atoms with Gasteiger partial charge in [0, 0.05) is 18.0 Å². The average Bonchev–Trinajstić information content (AvgIpc) is 2.43. The van der Waals surface area contributed by atoms with Crippen molar-refractivity contribution in [1.29, 1.82) is 0 Å². The van der Waals surface area contributed by atoms with Gasteiger partial charge in [-0.2, -0.15) is 0 Å². The SMILES string of the molecule is CCN(CCC(=O)OC)Cc1ccc(SC)cc1. The maximum Gasteiger partial charge on any atom is 0.306 e. The van der Waals surface area contributed by atoms with Crippen LogP contribution < -0.4 is 0 Å². The van der Waals surface area contributed by atoms with Gasteiger partial charge in [0.25, 0.3) is 0 Å². The van der Waals surface area contributed by atoms with E-state index in [4.69, 9.17) is 0 Å². The van der Waals surface area contributed by atoms with E-state index in [0.29, 0.717) is 6.42 Å². The third-order valence-electron chi connectivity index (χ3n) is 2.87. The van der Waals surface area contributed by atoms with Gasteiger partial charge in [0.2, 0.25) is 0 Å². The van der Waals surface area contributed by atoms with E-state index in [1.54, 1.807) is 11.8 Å². The Morgan fingerprint density at radius 3 is 2.50 bits per heavy atom. The number of benzene rings is 1. The summed E-state index contributed by atoms with van der Waals surface area (Å²) in [6.07, 6.45) is 2.52.